The Morgan fingerprint density at radius 1 is 1.53 bits per heavy atom. The molecule has 2 rings (SSSR count). The van der Waals surface area contributed by atoms with Gasteiger partial charge in [-0.05, 0) is 25.6 Å². The van der Waals surface area contributed by atoms with E-state index < -0.39 is 0 Å². The summed E-state index contributed by atoms with van der Waals surface area (Å²) in [7, 11) is 0. The van der Waals surface area contributed by atoms with Gasteiger partial charge < -0.3 is 4.90 Å². The number of aromatic nitrogens is 1. The van der Waals surface area contributed by atoms with Gasteiger partial charge in [-0.25, -0.2) is 4.98 Å². The van der Waals surface area contributed by atoms with Crippen molar-refractivity contribution in [2.24, 2.45) is 0 Å². The summed E-state index contributed by atoms with van der Waals surface area (Å²) in [4.78, 5) is 8.99. The molecule has 0 bridgehead atoms. The van der Waals surface area contributed by atoms with E-state index in [4.69, 9.17) is 16.9 Å². The van der Waals surface area contributed by atoms with Crippen LogP contribution < -0.4 is 4.90 Å². The van der Waals surface area contributed by atoms with Gasteiger partial charge in [-0.15, -0.1) is 0 Å². The summed E-state index contributed by atoms with van der Waals surface area (Å²) in [5.41, 5.74) is 0.498. The summed E-state index contributed by atoms with van der Waals surface area (Å²) in [6.45, 7) is 8.39. The average Bonchev–Trinajstić information content (AvgIpc) is 2.90. The molecule has 2 heterocycles. The van der Waals surface area contributed by atoms with Crippen molar-refractivity contribution >= 4 is 17.4 Å². The molecule has 0 spiro atoms. The molecule has 0 N–H and O–H groups in total. The fourth-order valence-electron chi connectivity index (χ4n) is 2.71. The van der Waals surface area contributed by atoms with Crippen LogP contribution in [0.1, 0.15) is 25.8 Å². The third-order valence-electron chi connectivity index (χ3n) is 3.78. The van der Waals surface area contributed by atoms with E-state index in [1.807, 2.05) is 0 Å². The molecule has 0 amide bonds. The number of nitriles is 1. The van der Waals surface area contributed by atoms with Crippen molar-refractivity contribution in [3.8, 4) is 6.07 Å². The molecule has 0 aromatic carbocycles. The third-order valence-corrected chi connectivity index (χ3v) is 4.16. The van der Waals surface area contributed by atoms with Gasteiger partial charge >= 0.3 is 0 Å². The second-order valence-electron chi connectivity index (χ2n) is 4.72. The van der Waals surface area contributed by atoms with Crippen LogP contribution in [0.4, 0.5) is 5.82 Å². The Morgan fingerprint density at radius 2 is 2.26 bits per heavy atom. The van der Waals surface area contributed by atoms with Gasteiger partial charge in [0.05, 0.1) is 5.56 Å². The molecule has 1 aromatic rings. The second-order valence-corrected chi connectivity index (χ2v) is 5.10. The molecular formula is C14H19ClN4. The van der Waals surface area contributed by atoms with E-state index in [2.05, 4.69) is 34.7 Å². The van der Waals surface area contributed by atoms with Crippen LogP contribution >= 0.6 is 11.6 Å². The number of rotatable bonds is 4. The van der Waals surface area contributed by atoms with Crippen molar-refractivity contribution < 1.29 is 0 Å². The van der Waals surface area contributed by atoms with Crippen molar-refractivity contribution in [1.29, 1.82) is 5.26 Å². The fraction of sp³-hybridized carbons (Fsp3) is 0.571. The van der Waals surface area contributed by atoms with Crippen LogP contribution in [0.5, 0.6) is 0 Å². The lowest BCUT2D eigenvalue weighted by Crippen LogP contribution is -2.37. The van der Waals surface area contributed by atoms with E-state index in [0.29, 0.717) is 16.6 Å². The minimum absolute atomic E-state index is 0.477. The molecule has 1 aromatic heterocycles. The zero-order valence-corrected chi connectivity index (χ0v) is 12.2. The standard InChI is InChI=1S/C14H19ClN4/c1-3-18(4-2)12-6-8-19(10-12)14-13(15)11(9-16)5-7-17-14/h5,7,12H,3-4,6,8,10H2,1-2H3. The van der Waals surface area contributed by atoms with Gasteiger partial charge in [0.25, 0.3) is 0 Å². The molecule has 102 valence electrons. The summed E-state index contributed by atoms with van der Waals surface area (Å²) >= 11 is 6.24. The average molecular weight is 279 g/mol. The highest BCUT2D eigenvalue weighted by atomic mass is 35.5. The lowest BCUT2D eigenvalue weighted by atomic mass is 10.2. The Kier molecular flexibility index (Phi) is 4.62. The van der Waals surface area contributed by atoms with Crippen LogP contribution in [0, 0.1) is 11.3 Å². The first-order valence-electron chi connectivity index (χ1n) is 6.74. The van der Waals surface area contributed by atoms with Crippen molar-refractivity contribution in [1.82, 2.24) is 9.88 Å². The van der Waals surface area contributed by atoms with Crippen LogP contribution in [0.2, 0.25) is 5.02 Å². The summed E-state index contributed by atoms with van der Waals surface area (Å²) in [5, 5.41) is 9.49. The van der Waals surface area contributed by atoms with Crippen LogP contribution in [0.3, 0.4) is 0 Å². The molecule has 1 aliphatic rings. The van der Waals surface area contributed by atoms with E-state index in [1.165, 1.54) is 0 Å². The zero-order chi connectivity index (χ0) is 13.8. The number of halogens is 1. The van der Waals surface area contributed by atoms with E-state index in [9.17, 15) is 0 Å². The Balaban J connectivity index is 2.15. The smallest absolute Gasteiger partial charge is 0.148 e. The highest BCUT2D eigenvalue weighted by Gasteiger charge is 2.28. The van der Waals surface area contributed by atoms with Gasteiger partial charge in [0.1, 0.15) is 16.9 Å². The fourth-order valence-corrected chi connectivity index (χ4v) is 2.99. The topological polar surface area (TPSA) is 43.2 Å². The van der Waals surface area contributed by atoms with E-state index in [1.54, 1.807) is 12.3 Å². The summed E-state index contributed by atoms with van der Waals surface area (Å²) in [6, 6.07) is 4.32. The van der Waals surface area contributed by atoms with Crippen LogP contribution in [0.15, 0.2) is 12.3 Å². The highest BCUT2D eigenvalue weighted by molar-refractivity contribution is 6.34. The van der Waals surface area contributed by atoms with Crippen LogP contribution in [-0.4, -0.2) is 42.1 Å². The number of likely N-dealkylation sites (N-methyl/N-ethyl adjacent to an activating group) is 1. The SMILES string of the molecule is CCN(CC)C1CCN(c2nccc(C#N)c2Cl)C1. The highest BCUT2D eigenvalue weighted by Crippen LogP contribution is 2.29. The van der Waals surface area contributed by atoms with Crippen molar-refractivity contribution in [2.45, 2.75) is 26.3 Å². The molecule has 1 aliphatic heterocycles. The minimum Gasteiger partial charge on any atom is -0.354 e. The van der Waals surface area contributed by atoms with Gasteiger partial charge in [0.15, 0.2) is 0 Å². The van der Waals surface area contributed by atoms with Gasteiger partial charge in [0.2, 0.25) is 0 Å². The molecule has 1 atom stereocenters. The molecule has 19 heavy (non-hydrogen) atoms. The number of pyridine rings is 1. The summed E-state index contributed by atoms with van der Waals surface area (Å²) in [6.07, 6.45) is 2.78. The lowest BCUT2D eigenvalue weighted by molar-refractivity contribution is 0.232. The predicted octanol–water partition coefficient (Wildman–Crippen LogP) is 2.53. The zero-order valence-electron chi connectivity index (χ0n) is 11.4. The molecule has 5 heteroatoms. The van der Waals surface area contributed by atoms with Crippen molar-refractivity contribution in [3.63, 3.8) is 0 Å². The van der Waals surface area contributed by atoms with Gasteiger partial charge in [-0.3, -0.25) is 4.90 Å². The monoisotopic (exact) mass is 278 g/mol. The molecule has 4 nitrogen and oxygen atoms in total. The number of anilines is 1. The van der Waals surface area contributed by atoms with E-state index in [0.717, 1.165) is 38.4 Å². The maximum atomic E-state index is 9.01. The predicted molar refractivity (Wildman–Crippen MR) is 77.5 cm³/mol. The largest absolute Gasteiger partial charge is 0.354 e. The first-order valence-corrected chi connectivity index (χ1v) is 7.12. The molecule has 1 fully saturated rings. The van der Waals surface area contributed by atoms with E-state index >= 15 is 0 Å². The van der Waals surface area contributed by atoms with Crippen LogP contribution in [-0.2, 0) is 0 Å². The Morgan fingerprint density at radius 3 is 2.89 bits per heavy atom. The first kappa shape index (κ1) is 14.1. The lowest BCUT2D eigenvalue weighted by Gasteiger charge is -2.26. The first-order chi connectivity index (χ1) is 9.21. The Hall–Kier alpha value is -1.31. The third kappa shape index (κ3) is 2.83. The molecule has 1 unspecified atom stereocenters. The van der Waals surface area contributed by atoms with Gasteiger partial charge in [-0.2, -0.15) is 5.26 Å². The molecule has 0 saturated carbocycles. The summed E-state index contributed by atoms with van der Waals surface area (Å²) in [5.74, 6) is 0.746. The Bertz CT molecular complexity index is 479. The van der Waals surface area contributed by atoms with Crippen molar-refractivity contribution in [3.05, 3.63) is 22.8 Å². The summed E-state index contributed by atoms with van der Waals surface area (Å²) < 4.78 is 0. The van der Waals surface area contributed by atoms with Gasteiger partial charge in [0, 0.05) is 25.3 Å². The van der Waals surface area contributed by atoms with Crippen LogP contribution in [0.25, 0.3) is 0 Å². The normalized spacial score (nSPS) is 18.9. The maximum absolute atomic E-state index is 9.01. The molecule has 0 radical (unpaired) electrons. The van der Waals surface area contributed by atoms with Gasteiger partial charge in [-0.1, -0.05) is 25.4 Å². The van der Waals surface area contributed by atoms with Crippen molar-refractivity contribution in [2.75, 3.05) is 31.1 Å². The number of nitrogens with zero attached hydrogens (tertiary/aromatic N) is 4. The van der Waals surface area contributed by atoms with E-state index in [-0.39, 0.29) is 0 Å². The maximum Gasteiger partial charge on any atom is 0.148 e. The Labute approximate surface area is 119 Å². The second kappa shape index (κ2) is 6.23. The molecule has 0 aliphatic carbocycles. The quantitative estimate of drug-likeness (QED) is 0.849. The minimum atomic E-state index is 0.477. The molecule has 1 saturated heterocycles. The number of hydrogen-bond acceptors (Lipinski definition) is 4. The number of hydrogen-bond donors (Lipinski definition) is 0. The molecular weight excluding hydrogens is 260 g/mol.